The van der Waals surface area contributed by atoms with Gasteiger partial charge in [0.15, 0.2) is 0 Å². The molecule has 96 valence electrons. The van der Waals surface area contributed by atoms with E-state index in [1.54, 1.807) is 0 Å². The monoisotopic (exact) mass is 269 g/mol. The van der Waals surface area contributed by atoms with Crippen LogP contribution in [0.2, 0.25) is 5.02 Å². The first-order chi connectivity index (χ1) is 8.56. The molecular formula is C13H13ClFNO2. The van der Waals surface area contributed by atoms with Gasteiger partial charge in [-0.3, -0.25) is 9.59 Å². The Morgan fingerprint density at radius 3 is 2.67 bits per heavy atom. The molecule has 0 atom stereocenters. The van der Waals surface area contributed by atoms with Crippen LogP contribution in [0.25, 0.3) is 0 Å². The van der Waals surface area contributed by atoms with E-state index >= 15 is 0 Å². The van der Waals surface area contributed by atoms with Gasteiger partial charge in [0.05, 0.1) is 5.69 Å². The fraction of sp³-hybridized carbons (Fsp3) is 0.385. The van der Waals surface area contributed by atoms with Gasteiger partial charge in [-0.2, -0.15) is 0 Å². The molecule has 0 bridgehead atoms. The molecule has 1 aliphatic rings. The molecule has 0 aliphatic heterocycles. The number of hydrogen-bond donors (Lipinski definition) is 1. The number of carbonyl (C=O) groups is 2. The van der Waals surface area contributed by atoms with Gasteiger partial charge in [-0.25, -0.2) is 4.39 Å². The molecule has 1 N–H and O–H groups in total. The van der Waals surface area contributed by atoms with Crippen LogP contribution in [0.5, 0.6) is 0 Å². The predicted molar refractivity (Wildman–Crippen MR) is 67.0 cm³/mol. The Bertz CT molecular complexity index is 480. The highest BCUT2D eigenvalue weighted by Crippen LogP contribution is 2.25. The summed E-state index contributed by atoms with van der Waals surface area (Å²) in [4.78, 5) is 23.0. The van der Waals surface area contributed by atoms with Gasteiger partial charge in [0.2, 0.25) is 5.91 Å². The molecule has 1 amide bonds. The van der Waals surface area contributed by atoms with Crippen LogP contribution >= 0.6 is 11.6 Å². The van der Waals surface area contributed by atoms with Crippen molar-refractivity contribution >= 4 is 29.0 Å². The Balaban J connectivity index is 2.02. The van der Waals surface area contributed by atoms with Crippen molar-refractivity contribution in [3.63, 3.8) is 0 Å². The van der Waals surface area contributed by atoms with Gasteiger partial charge < -0.3 is 5.32 Å². The van der Waals surface area contributed by atoms with Gasteiger partial charge >= 0.3 is 0 Å². The van der Waals surface area contributed by atoms with Crippen LogP contribution in [0, 0.1) is 11.7 Å². The lowest BCUT2D eigenvalue weighted by Crippen LogP contribution is -2.27. The zero-order valence-corrected chi connectivity index (χ0v) is 10.5. The summed E-state index contributed by atoms with van der Waals surface area (Å²) in [5.41, 5.74) is 0.0874. The van der Waals surface area contributed by atoms with E-state index in [2.05, 4.69) is 5.32 Å². The second-order valence-electron chi connectivity index (χ2n) is 4.43. The molecule has 18 heavy (non-hydrogen) atoms. The maximum absolute atomic E-state index is 13.4. The van der Waals surface area contributed by atoms with Gasteiger partial charge in [-0.15, -0.1) is 0 Å². The van der Waals surface area contributed by atoms with Gasteiger partial charge in [0.25, 0.3) is 0 Å². The van der Waals surface area contributed by atoms with Gasteiger partial charge in [0, 0.05) is 23.8 Å². The summed E-state index contributed by atoms with van der Waals surface area (Å²) >= 11 is 5.74. The lowest BCUT2D eigenvalue weighted by atomic mass is 9.88. The van der Waals surface area contributed by atoms with Gasteiger partial charge in [-0.05, 0) is 31.0 Å². The standard InChI is InChI=1S/C13H13ClFNO2/c14-9-3-6-11(15)12(7-9)16-13(18)8-1-4-10(17)5-2-8/h3,6-8H,1-2,4-5H2,(H,16,18). The Labute approximate surface area is 109 Å². The maximum atomic E-state index is 13.4. The number of amides is 1. The highest BCUT2D eigenvalue weighted by atomic mass is 35.5. The minimum absolute atomic E-state index is 0.0874. The number of hydrogen-bond acceptors (Lipinski definition) is 2. The molecule has 3 nitrogen and oxygen atoms in total. The zero-order chi connectivity index (χ0) is 13.1. The van der Waals surface area contributed by atoms with Crippen LogP contribution in [-0.4, -0.2) is 11.7 Å². The minimum Gasteiger partial charge on any atom is -0.323 e. The Morgan fingerprint density at radius 1 is 1.33 bits per heavy atom. The molecule has 1 aromatic rings. The SMILES string of the molecule is O=C1CCC(C(=O)Nc2cc(Cl)ccc2F)CC1. The van der Waals surface area contributed by atoms with E-state index in [0.29, 0.717) is 30.7 Å². The lowest BCUT2D eigenvalue weighted by Gasteiger charge is -2.20. The molecule has 1 aromatic carbocycles. The summed E-state index contributed by atoms with van der Waals surface area (Å²) in [5, 5.41) is 2.89. The van der Waals surface area contributed by atoms with E-state index in [1.807, 2.05) is 0 Å². The van der Waals surface area contributed by atoms with E-state index < -0.39 is 5.82 Å². The lowest BCUT2D eigenvalue weighted by molar-refractivity contribution is -0.125. The Morgan fingerprint density at radius 2 is 2.00 bits per heavy atom. The number of carbonyl (C=O) groups excluding carboxylic acids is 2. The Kier molecular flexibility index (Phi) is 3.97. The first-order valence-corrected chi connectivity index (χ1v) is 6.21. The topological polar surface area (TPSA) is 46.2 Å². The average Bonchev–Trinajstić information content (AvgIpc) is 2.34. The minimum atomic E-state index is -0.514. The number of benzene rings is 1. The third kappa shape index (κ3) is 3.07. The van der Waals surface area contributed by atoms with Crippen molar-refractivity contribution in [2.75, 3.05) is 5.32 Å². The second kappa shape index (κ2) is 5.48. The van der Waals surface area contributed by atoms with Crippen molar-refractivity contribution in [3.05, 3.63) is 29.0 Å². The van der Waals surface area contributed by atoms with E-state index in [9.17, 15) is 14.0 Å². The fourth-order valence-corrected chi connectivity index (χ4v) is 2.20. The quantitative estimate of drug-likeness (QED) is 0.896. The molecule has 0 aromatic heterocycles. The van der Waals surface area contributed by atoms with Crippen molar-refractivity contribution in [2.45, 2.75) is 25.7 Å². The fourth-order valence-electron chi connectivity index (χ4n) is 2.03. The van der Waals surface area contributed by atoms with Crippen LogP contribution in [-0.2, 0) is 9.59 Å². The van der Waals surface area contributed by atoms with Crippen LogP contribution < -0.4 is 5.32 Å². The third-order valence-electron chi connectivity index (χ3n) is 3.10. The summed E-state index contributed by atoms with van der Waals surface area (Å²) in [6, 6.07) is 4.01. The number of anilines is 1. The summed E-state index contributed by atoms with van der Waals surface area (Å²) in [5.74, 6) is -0.794. The first-order valence-electron chi connectivity index (χ1n) is 5.84. The average molecular weight is 270 g/mol. The highest BCUT2D eigenvalue weighted by molar-refractivity contribution is 6.30. The van der Waals surface area contributed by atoms with Gasteiger partial charge in [0.1, 0.15) is 11.6 Å². The Hall–Kier alpha value is -1.42. The van der Waals surface area contributed by atoms with Crippen molar-refractivity contribution in [1.82, 2.24) is 0 Å². The van der Waals surface area contributed by atoms with E-state index in [1.165, 1.54) is 18.2 Å². The molecule has 0 unspecified atom stereocenters. The van der Waals surface area contributed by atoms with Crippen molar-refractivity contribution < 1.29 is 14.0 Å². The number of rotatable bonds is 2. The van der Waals surface area contributed by atoms with Crippen LogP contribution in [0.15, 0.2) is 18.2 Å². The number of Topliss-reactive ketones (excluding diaryl/α,β-unsaturated/α-hetero) is 1. The molecule has 1 aliphatic carbocycles. The van der Waals surface area contributed by atoms with E-state index in [0.717, 1.165) is 0 Å². The van der Waals surface area contributed by atoms with Crippen molar-refractivity contribution in [3.8, 4) is 0 Å². The first kappa shape index (κ1) is 13.0. The van der Waals surface area contributed by atoms with Crippen molar-refractivity contribution in [2.24, 2.45) is 5.92 Å². The number of halogens is 2. The van der Waals surface area contributed by atoms with Crippen LogP contribution in [0.4, 0.5) is 10.1 Å². The largest absolute Gasteiger partial charge is 0.323 e. The number of nitrogens with one attached hydrogen (secondary N) is 1. The predicted octanol–water partition coefficient (Wildman–Crippen LogP) is 3.18. The molecule has 0 heterocycles. The summed E-state index contributed by atoms with van der Waals surface area (Å²) in [6.07, 6.45) is 1.92. The summed E-state index contributed by atoms with van der Waals surface area (Å²) in [6.45, 7) is 0. The number of ketones is 1. The summed E-state index contributed by atoms with van der Waals surface area (Å²) in [7, 11) is 0. The molecule has 5 heteroatoms. The van der Waals surface area contributed by atoms with E-state index in [-0.39, 0.29) is 23.3 Å². The normalized spacial score (nSPS) is 16.7. The molecular weight excluding hydrogens is 257 g/mol. The third-order valence-corrected chi connectivity index (χ3v) is 3.34. The van der Waals surface area contributed by atoms with E-state index in [4.69, 9.17) is 11.6 Å². The molecule has 0 radical (unpaired) electrons. The van der Waals surface area contributed by atoms with Crippen LogP contribution in [0.3, 0.4) is 0 Å². The van der Waals surface area contributed by atoms with Crippen LogP contribution in [0.1, 0.15) is 25.7 Å². The second-order valence-corrected chi connectivity index (χ2v) is 4.86. The molecule has 1 saturated carbocycles. The molecule has 0 spiro atoms. The van der Waals surface area contributed by atoms with Crippen molar-refractivity contribution in [1.29, 1.82) is 0 Å². The molecule has 0 saturated heterocycles. The smallest absolute Gasteiger partial charge is 0.227 e. The maximum Gasteiger partial charge on any atom is 0.227 e. The molecule has 2 rings (SSSR count). The summed E-state index contributed by atoms with van der Waals surface area (Å²) < 4.78 is 13.4. The highest BCUT2D eigenvalue weighted by Gasteiger charge is 2.25. The molecule has 1 fully saturated rings. The zero-order valence-electron chi connectivity index (χ0n) is 9.71. The van der Waals surface area contributed by atoms with Gasteiger partial charge in [-0.1, -0.05) is 11.6 Å².